The summed E-state index contributed by atoms with van der Waals surface area (Å²) in [7, 11) is 1.79. The minimum absolute atomic E-state index is 0.199. The van der Waals surface area contributed by atoms with E-state index >= 15 is 0 Å². The van der Waals surface area contributed by atoms with Gasteiger partial charge in [-0.05, 0) is 30.8 Å². The van der Waals surface area contributed by atoms with E-state index in [1.807, 2.05) is 30.3 Å². The fraction of sp³-hybridized carbons (Fsp3) is 0.143. The molecule has 2 rings (SSSR count). The first-order valence-corrected chi connectivity index (χ1v) is 5.78. The van der Waals surface area contributed by atoms with Gasteiger partial charge in [-0.2, -0.15) is 0 Å². The topological polar surface area (TPSA) is 12.0 Å². The average Bonchev–Trinajstić information content (AvgIpc) is 2.33. The summed E-state index contributed by atoms with van der Waals surface area (Å²) in [6, 6.07) is 12.6. The number of hydrogen-bond acceptors (Lipinski definition) is 1. The third-order valence-electron chi connectivity index (χ3n) is 2.60. The van der Waals surface area contributed by atoms with E-state index in [9.17, 15) is 4.39 Å². The van der Waals surface area contributed by atoms with Crippen LogP contribution in [0.2, 0.25) is 5.02 Å². The highest BCUT2D eigenvalue weighted by Gasteiger charge is 2.06. The van der Waals surface area contributed by atoms with Crippen LogP contribution in [-0.4, -0.2) is 7.05 Å². The van der Waals surface area contributed by atoms with Crippen molar-refractivity contribution in [2.45, 2.75) is 6.54 Å². The Labute approximate surface area is 105 Å². The van der Waals surface area contributed by atoms with Crippen molar-refractivity contribution in [1.82, 2.24) is 5.32 Å². The number of nitrogens with one attached hydrogen (secondary N) is 1. The molecule has 0 radical (unpaired) electrons. The quantitative estimate of drug-likeness (QED) is 0.871. The van der Waals surface area contributed by atoms with Gasteiger partial charge in [0.1, 0.15) is 5.82 Å². The van der Waals surface area contributed by atoms with Crippen LogP contribution in [0.4, 0.5) is 4.39 Å². The molecule has 0 fully saturated rings. The summed E-state index contributed by atoms with van der Waals surface area (Å²) < 4.78 is 13.5. The molecule has 2 aromatic rings. The lowest BCUT2D eigenvalue weighted by atomic mass is 10.0. The highest BCUT2D eigenvalue weighted by molar-refractivity contribution is 6.33. The molecule has 0 amide bonds. The number of benzene rings is 2. The van der Waals surface area contributed by atoms with E-state index in [4.69, 9.17) is 11.6 Å². The van der Waals surface area contributed by atoms with Crippen molar-refractivity contribution >= 4 is 11.6 Å². The van der Waals surface area contributed by atoms with E-state index in [1.165, 1.54) is 6.07 Å². The van der Waals surface area contributed by atoms with Crippen LogP contribution in [0.15, 0.2) is 42.5 Å². The summed E-state index contributed by atoms with van der Waals surface area (Å²) in [5.74, 6) is -0.199. The van der Waals surface area contributed by atoms with Crippen molar-refractivity contribution in [2.75, 3.05) is 7.05 Å². The second-order valence-electron chi connectivity index (χ2n) is 3.82. The Morgan fingerprint density at radius 3 is 2.65 bits per heavy atom. The van der Waals surface area contributed by atoms with Gasteiger partial charge < -0.3 is 5.32 Å². The SMILES string of the molecule is CNCc1cc(-c2ccccc2Cl)ccc1F. The molecule has 17 heavy (non-hydrogen) atoms. The maximum Gasteiger partial charge on any atom is 0.127 e. The van der Waals surface area contributed by atoms with E-state index < -0.39 is 0 Å². The minimum atomic E-state index is -0.199. The highest BCUT2D eigenvalue weighted by Crippen LogP contribution is 2.28. The van der Waals surface area contributed by atoms with Crippen molar-refractivity contribution in [1.29, 1.82) is 0 Å². The Hall–Kier alpha value is -1.38. The molecular formula is C14H13ClFN. The fourth-order valence-electron chi connectivity index (χ4n) is 1.76. The number of hydrogen-bond donors (Lipinski definition) is 1. The van der Waals surface area contributed by atoms with E-state index in [1.54, 1.807) is 13.1 Å². The fourth-order valence-corrected chi connectivity index (χ4v) is 2.01. The van der Waals surface area contributed by atoms with Crippen LogP contribution in [0.1, 0.15) is 5.56 Å². The largest absolute Gasteiger partial charge is 0.316 e. The first kappa shape index (κ1) is 12.1. The predicted molar refractivity (Wildman–Crippen MR) is 69.6 cm³/mol. The molecule has 0 spiro atoms. The van der Waals surface area contributed by atoms with E-state index in [-0.39, 0.29) is 5.82 Å². The molecule has 0 saturated heterocycles. The number of halogens is 2. The monoisotopic (exact) mass is 249 g/mol. The van der Waals surface area contributed by atoms with Crippen molar-refractivity contribution in [3.05, 3.63) is 58.9 Å². The Morgan fingerprint density at radius 2 is 1.94 bits per heavy atom. The van der Waals surface area contributed by atoms with Crippen LogP contribution in [-0.2, 0) is 6.54 Å². The van der Waals surface area contributed by atoms with Crippen molar-refractivity contribution < 1.29 is 4.39 Å². The predicted octanol–water partition coefficient (Wildman–Crippen LogP) is 3.87. The van der Waals surface area contributed by atoms with Gasteiger partial charge in [0.05, 0.1) is 0 Å². The van der Waals surface area contributed by atoms with Gasteiger partial charge >= 0.3 is 0 Å². The molecule has 0 atom stereocenters. The van der Waals surface area contributed by atoms with Crippen LogP contribution in [0.3, 0.4) is 0 Å². The molecule has 1 N–H and O–H groups in total. The minimum Gasteiger partial charge on any atom is -0.316 e. The smallest absolute Gasteiger partial charge is 0.127 e. The van der Waals surface area contributed by atoms with Gasteiger partial charge in [0.2, 0.25) is 0 Å². The Bertz CT molecular complexity index is 525. The molecule has 0 aliphatic carbocycles. The molecule has 88 valence electrons. The molecule has 0 heterocycles. The van der Waals surface area contributed by atoms with E-state index in [0.717, 1.165) is 11.1 Å². The van der Waals surface area contributed by atoms with E-state index in [2.05, 4.69) is 5.32 Å². The standard InChI is InChI=1S/C14H13ClFN/c1-17-9-11-8-10(6-7-14(11)16)12-4-2-3-5-13(12)15/h2-8,17H,9H2,1H3. The zero-order valence-electron chi connectivity index (χ0n) is 9.50. The third-order valence-corrected chi connectivity index (χ3v) is 2.93. The van der Waals surface area contributed by atoms with Crippen molar-refractivity contribution in [3.63, 3.8) is 0 Å². The lowest BCUT2D eigenvalue weighted by Crippen LogP contribution is -2.07. The van der Waals surface area contributed by atoms with Crippen LogP contribution in [0.5, 0.6) is 0 Å². The molecule has 3 heteroatoms. The first-order chi connectivity index (χ1) is 8.22. The lowest BCUT2D eigenvalue weighted by Gasteiger charge is -2.08. The van der Waals surface area contributed by atoms with Gasteiger partial charge in [0.25, 0.3) is 0 Å². The normalized spacial score (nSPS) is 10.5. The summed E-state index contributed by atoms with van der Waals surface area (Å²) in [6.07, 6.45) is 0. The van der Waals surface area contributed by atoms with Gasteiger partial charge in [-0.1, -0.05) is 35.9 Å². The van der Waals surface area contributed by atoms with Crippen LogP contribution in [0.25, 0.3) is 11.1 Å². The van der Waals surface area contributed by atoms with Gasteiger partial charge in [-0.3, -0.25) is 0 Å². The zero-order valence-corrected chi connectivity index (χ0v) is 10.3. The van der Waals surface area contributed by atoms with Crippen molar-refractivity contribution in [3.8, 4) is 11.1 Å². The van der Waals surface area contributed by atoms with Gasteiger partial charge in [0.15, 0.2) is 0 Å². The summed E-state index contributed by atoms with van der Waals surface area (Å²) in [5.41, 5.74) is 2.50. The summed E-state index contributed by atoms with van der Waals surface area (Å²) >= 11 is 6.12. The molecular weight excluding hydrogens is 237 g/mol. The number of rotatable bonds is 3. The Morgan fingerprint density at radius 1 is 1.18 bits per heavy atom. The zero-order chi connectivity index (χ0) is 12.3. The summed E-state index contributed by atoms with van der Waals surface area (Å²) in [4.78, 5) is 0. The van der Waals surface area contributed by atoms with Crippen molar-refractivity contribution in [2.24, 2.45) is 0 Å². The summed E-state index contributed by atoms with van der Waals surface area (Å²) in [5, 5.41) is 3.62. The first-order valence-electron chi connectivity index (χ1n) is 5.40. The molecule has 0 bridgehead atoms. The molecule has 0 aliphatic rings. The molecule has 0 aliphatic heterocycles. The van der Waals surface area contributed by atoms with Crippen LogP contribution in [0, 0.1) is 5.82 Å². The molecule has 0 saturated carbocycles. The van der Waals surface area contributed by atoms with Gasteiger partial charge in [-0.15, -0.1) is 0 Å². The lowest BCUT2D eigenvalue weighted by molar-refractivity contribution is 0.601. The third kappa shape index (κ3) is 2.65. The molecule has 1 nitrogen and oxygen atoms in total. The molecule has 0 unspecified atom stereocenters. The maximum atomic E-state index is 13.5. The second-order valence-corrected chi connectivity index (χ2v) is 4.22. The van der Waals surface area contributed by atoms with Crippen LogP contribution >= 0.6 is 11.6 Å². The molecule has 2 aromatic carbocycles. The highest BCUT2D eigenvalue weighted by atomic mass is 35.5. The second kappa shape index (κ2) is 5.30. The van der Waals surface area contributed by atoms with Gasteiger partial charge in [0, 0.05) is 22.7 Å². The summed E-state index contributed by atoms with van der Waals surface area (Å²) in [6.45, 7) is 0.504. The van der Waals surface area contributed by atoms with Crippen LogP contribution < -0.4 is 5.32 Å². The Kier molecular flexibility index (Phi) is 3.77. The average molecular weight is 250 g/mol. The van der Waals surface area contributed by atoms with Gasteiger partial charge in [-0.25, -0.2) is 4.39 Å². The maximum absolute atomic E-state index is 13.5. The molecule has 0 aromatic heterocycles. The van der Waals surface area contributed by atoms with E-state index in [0.29, 0.717) is 17.1 Å². The Balaban J connectivity index is 2.46.